The van der Waals surface area contributed by atoms with E-state index in [0.717, 1.165) is 15.0 Å². The fourth-order valence-corrected chi connectivity index (χ4v) is 3.68. The number of Topliss-reactive ketones (excluding diaryl/α,β-unsaturated/α-hetero) is 1. The first-order valence-corrected chi connectivity index (χ1v) is 7.61. The van der Waals surface area contributed by atoms with Crippen molar-refractivity contribution in [2.45, 2.75) is 13.5 Å². The molecular formula is C12H12NOSSe+. The van der Waals surface area contributed by atoms with Gasteiger partial charge in [-0.1, -0.05) is 0 Å². The van der Waals surface area contributed by atoms with E-state index in [-0.39, 0.29) is 20.3 Å². The van der Waals surface area contributed by atoms with Crippen LogP contribution in [0.15, 0.2) is 29.2 Å². The number of carbonyl (C=O) groups is 1. The van der Waals surface area contributed by atoms with Crippen LogP contribution in [0, 0.1) is 6.92 Å². The fourth-order valence-electron chi connectivity index (χ4n) is 1.45. The van der Waals surface area contributed by atoms with E-state index in [9.17, 15) is 4.79 Å². The number of rotatable bonds is 4. The van der Waals surface area contributed by atoms with Crippen LogP contribution < -0.4 is 4.57 Å². The van der Waals surface area contributed by atoms with Crippen LogP contribution in [0.2, 0.25) is 0 Å². The van der Waals surface area contributed by atoms with Crippen molar-refractivity contribution in [2.75, 3.05) is 0 Å². The third kappa shape index (κ3) is 2.24. The first kappa shape index (κ1) is 11.5. The van der Waals surface area contributed by atoms with Gasteiger partial charge in [-0.2, -0.15) is 0 Å². The number of carbonyl (C=O) groups excluding carboxylic acids is 1. The standard InChI is InChI=1S/C12H12NOSSe/c1-3-11-9(2)13(8-15-11)7-10(14)12-5-4-6-16-12/h3-6,8H,1,7H2,2H3/q+1. The molecule has 0 saturated carbocycles. The maximum atomic E-state index is 11.9. The number of ketones is 1. The van der Waals surface area contributed by atoms with Gasteiger partial charge in [-0.15, -0.1) is 0 Å². The summed E-state index contributed by atoms with van der Waals surface area (Å²) in [5.41, 5.74) is 3.10. The summed E-state index contributed by atoms with van der Waals surface area (Å²) in [5, 5.41) is 0. The SMILES string of the molecule is C=Cc1sc[n+](CC(=O)c2ccc[se]2)c1C. The Balaban J connectivity index is 2.18. The van der Waals surface area contributed by atoms with Crippen molar-refractivity contribution in [3.8, 4) is 0 Å². The molecule has 0 N–H and O–H groups in total. The van der Waals surface area contributed by atoms with Crippen molar-refractivity contribution < 1.29 is 9.36 Å². The molecule has 0 amide bonds. The molecule has 16 heavy (non-hydrogen) atoms. The molecule has 0 aliphatic heterocycles. The zero-order valence-corrected chi connectivity index (χ0v) is 11.5. The second-order valence-electron chi connectivity index (χ2n) is 3.41. The number of aromatic nitrogens is 1. The van der Waals surface area contributed by atoms with E-state index in [4.69, 9.17) is 0 Å². The minimum absolute atomic E-state index is 0.228. The van der Waals surface area contributed by atoms with Gasteiger partial charge < -0.3 is 0 Å². The third-order valence-corrected chi connectivity index (χ3v) is 5.38. The van der Waals surface area contributed by atoms with E-state index in [1.807, 2.05) is 35.2 Å². The molecule has 0 bridgehead atoms. The Hall–Kier alpha value is -0.961. The topological polar surface area (TPSA) is 20.9 Å². The maximum absolute atomic E-state index is 11.9. The van der Waals surface area contributed by atoms with Crippen LogP contribution in [-0.2, 0) is 6.54 Å². The minimum atomic E-state index is 0.228. The quantitative estimate of drug-likeness (QED) is 0.480. The number of hydrogen-bond donors (Lipinski definition) is 0. The molecule has 2 nitrogen and oxygen atoms in total. The normalized spacial score (nSPS) is 10.3. The monoisotopic (exact) mass is 298 g/mol. The summed E-state index contributed by atoms with van der Waals surface area (Å²) >= 11 is 1.86. The Morgan fingerprint density at radius 1 is 1.69 bits per heavy atom. The van der Waals surface area contributed by atoms with Crippen LogP contribution in [0.1, 0.15) is 19.8 Å². The zero-order valence-electron chi connectivity index (χ0n) is 8.97. The molecule has 2 aromatic heterocycles. The molecule has 4 heteroatoms. The second kappa shape index (κ2) is 4.91. The van der Waals surface area contributed by atoms with E-state index in [1.54, 1.807) is 11.3 Å². The molecule has 2 heterocycles. The molecule has 0 unspecified atom stereocenters. The first-order chi connectivity index (χ1) is 7.72. The summed E-state index contributed by atoms with van der Waals surface area (Å²) in [6.07, 6.45) is 1.83. The van der Waals surface area contributed by atoms with Gasteiger partial charge in [-0.25, -0.2) is 0 Å². The molecule has 0 saturated heterocycles. The third-order valence-electron chi connectivity index (χ3n) is 2.39. The summed E-state index contributed by atoms with van der Waals surface area (Å²) < 4.78 is 2.96. The van der Waals surface area contributed by atoms with Crippen molar-refractivity contribution in [1.29, 1.82) is 0 Å². The molecule has 0 aromatic carbocycles. The van der Waals surface area contributed by atoms with E-state index in [1.165, 1.54) is 0 Å². The first-order valence-electron chi connectivity index (χ1n) is 4.89. The Kier molecular flexibility index (Phi) is 3.54. The zero-order chi connectivity index (χ0) is 11.5. The summed E-state index contributed by atoms with van der Waals surface area (Å²) in [5.74, 6) is 0.228. The van der Waals surface area contributed by atoms with Crippen molar-refractivity contribution in [3.05, 3.63) is 44.2 Å². The Morgan fingerprint density at radius 2 is 2.50 bits per heavy atom. The molecule has 0 atom stereocenters. The van der Waals surface area contributed by atoms with E-state index in [2.05, 4.69) is 11.5 Å². The van der Waals surface area contributed by atoms with Gasteiger partial charge >= 0.3 is 105 Å². The molecule has 0 fully saturated rings. The number of nitrogens with zero attached hydrogens (tertiary/aromatic N) is 1. The van der Waals surface area contributed by atoms with E-state index >= 15 is 0 Å². The van der Waals surface area contributed by atoms with Gasteiger partial charge in [0.25, 0.3) is 0 Å². The van der Waals surface area contributed by atoms with Crippen molar-refractivity contribution in [2.24, 2.45) is 0 Å². The van der Waals surface area contributed by atoms with Gasteiger partial charge in [-0.3, -0.25) is 0 Å². The van der Waals surface area contributed by atoms with Crippen LogP contribution >= 0.6 is 11.3 Å². The van der Waals surface area contributed by atoms with Crippen molar-refractivity contribution >= 4 is 37.7 Å². The van der Waals surface area contributed by atoms with E-state index < -0.39 is 0 Å². The Bertz CT molecular complexity index is 513. The summed E-state index contributed by atoms with van der Waals surface area (Å²) in [4.78, 5) is 15.1. The van der Waals surface area contributed by atoms with Crippen LogP contribution in [0.4, 0.5) is 0 Å². The molecule has 82 valence electrons. The van der Waals surface area contributed by atoms with Crippen molar-refractivity contribution in [3.63, 3.8) is 0 Å². The fraction of sp³-hybridized carbons (Fsp3) is 0.167. The Labute approximate surface area is 105 Å². The molecule has 2 aromatic rings. The predicted octanol–water partition coefficient (Wildman–Crippen LogP) is 1.93. The van der Waals surface area contributed by atoms with Gasteiger partial charge in [0.15, 0.2) is 0 Å². The number of thiazole rings is 1. The predicted molar refractivity (Wildman–Crippen MR) is 67.1 cm³/mol. The molecule has 0 spiro atoms. The van der Waals surface area contributed by atoms with E-state index in [0.29, 0.717) is 6.54 Å². The molecule has 0 radical (unpaired) electrons. The van der Waals surface area contributed by atoms with Gasteiger partial charge in [0.1, 0.15) is 0 Å². The van der Waals surface area contributed by atoms with Gasteiger partial charge in [-0.05, 0) is 0 Å². The average molecular weight is 297 g/mol. The summed E-state index contributed by atoms with van der Waals surface area (Å²) in [6.45, 7) is 6.23. The van der Waals surface area contributed by atoms with Gasteiger partial charge in [0.2, 0.25) is 0 Å². The van der Waals surface area contributed by atoms with Crippen LogP contribution in [0.25, 0.3) is 6.08 Å². The summed E-state index contributed by atoms with van der Waals surface area (Å²) in [6, 6.07) is 3.90. The molecule has 0 aliphatic rings. The van der Waals surface area contributed by atoms with Gasteiger partial charge in [0, 0.05) is 0 Å². The van der Waals surface area contributed by atoms with Crippen LogP contribution in [0.3, 0.4) is 0 Å². The second-order valence-corrected chi connectivity index (χ2v) is 6.28. The summed E-state index contributed by atoms with van der Waals surface area (Å²) in [7, 11) is 0. The van der Waals surface area contributed by atoms with Crippen molar-refractivity contribution in [1.82, 2.24) is 0 Å². The average Bonchev–Trinajstić information content (AvgIpc) is 2.89. The molecule has 2 rings (SSSR count). The van der Waals surface area contributed by atoms with Gasteiger partial charge in [0.05, 0.1) is 0 Å². The number of hydrogen-bond acceptors (Lipinski definition) is 2. The Morgan fingerprint density at radius 3 is 3.06 bits per heavy atom. The molecule has 0 aliphatic carbocycles. The van der Waals surface area contributed by atoms with Crippen LogP contribution in [0.5, 0.6) is 0 Å². The van der Waals surface area contributed by atoms with Crippen LogP contribution in [-0.4, -0.2) is 20.3 Å². The molecular weight excluding hydrogens is 285 g/mol.